The van der Waals surface area contributed by atoms with Crippen LogP contribution in [0.5, 0.6) is 0 Å². The van der Waals surface area contributed by atoms with E-state index < -0.39 is 4.92 Å². The van der Waals surface area contributed by atoms with Gasteiger partial charge in [-0.1, -0.05) is 13.3 Å². The molecule has 2 aromatic rings. The van der Waals surface area contributed by atoms with Gasteiger partial charge in [-0.15, -0.1) is 11.3 Å². The molecule has 1 aliphatic heterocycles. The molecule has 2 heterocycles. The maximum atomic E-state index is 12.2. The van der Waals surface area contributed by atoms with Crippen molar-refractivity contribution in [3.8, 4) is 0 Å². The van der Waals surface area contributed by atoms with Crippen LogP contribution in [0.25, 0.3) is 0 Å². The van der Waals surface area contributed by atoms with Gasteiger partial charge in [0.15, 0.2) is 0 Å². The van der Waals surface area contributed by atoms with Crippen LogP contribution >= 0.6 is 11.3 Å². The van der Waals surface area contributed by atoms with Crippen LogP contribution in [0, 0.1) is 10.1 Å². The van der Waals surface area contributed by atoms with Crippen LogP contribution in [0.15, 0.2) is 35.7 Å². The lowest BCUT2D eigenvalue weighted by Crippen LogP contribution is -2.43. The Balaban J connectivity index is 1.52. The Kier molecular flexibility index (Phi) is 6.80. The normalized spacial score (nSPS) is 19.2. The van der Waals surface area contributed by atoms with E-state index in [2.05, 4.69) is 35.5 Å². The van der Waals surface area contributed by atoms with Crippen molar-refractivity contribution in [3.05, 3.63) is 61.8 Å². The van der Waals surface area contributed by atoms with Gasteiger partial charge in [-0.05, 0) is 55.3 Å². The molecular weight excluding hydrogens is 374 g/mol. The maximum absolute atomic E-state index is 12.2. The lowest BCUT2D eigenvalue weighted by molar-refractivity contribution is -0.384. The third-order valence-electron chi connectivity index (χ3n) is 5.42. The molecule has 0 spiro atoms. The number of amides is 1. The number of rotatable bonds is 8. The highest BCUT2D eigenvalue weighted by atomic mass is 32.1. The molecule has 2 atom stereocenters. The summed E-state index contributed by atoms with van der Waals surface area (Å²) >= 11 is 1.84. The molecule has 1 aromatic heterocycles. The smallest absolute Gasteiger partial charge is 0.269 e. The molecule has 0 saturated heterocycles. The summed E-state index contributed by atoms with van der Waals surface area (Å²) in [4.78, 5) is 26.5. The first kappa shape index (κ1) is 20.5. The molecular formula is C21H27N3O3S. The molecule has 0 aliphatic carbocycles. The SMILES string of the molecule is CCC[C@@H]1Cc2ccsc2[C@H](C)N1CCCNC(=O)c1ccc([N+](=O)[O-])cc1. The van der Waals surface area contributed by atoms with Gasteiger partial charge >= 0.3 is 0 Å². The zero-order chi connectivity index (χ0) is 20.1. The Morgan fingerprint density at radius 3 is 2.75 bits per heavy atom. The largest absolute Gasteiger partial charge is 0.352 e. The highest BCUT2D eigenvalue weighted by molar-refractivity contribution is 7.10. The molecule has 0 bridgehead atoms. The van der Waals surface area contributed by atoms with Crippen molar-refractivity contribution in [2.24, 2.45) is 0 Å². The van der Waals surface area contributed by atoms with Gasteiger partial charge in [0.1, 0.15) is 0 Å². The Labute approximate surface area is 169 Å². The molecule has 150 valence electrons. The third-order valence-corrected chi connectivity index (χ3v) is 6.55. The molecule has 1 amide bonds. The highest BCUT2D eigenvalue weighted by Crippen LogP contribution is 2.37. The van der Waals surface area contributed by atoms with Gasteiger partial charge in [0.25, 0.3) is 11.6 Å². The fourth-order valence-electron chi connectivity index (χ4n) is 4.00. The van der Waals surface area contributed by atoms with Crippen molar-refractivity contribution in [1.29, 1.82) is 0 Å². The summed E-state index contributed by atoms with van der Waals surface area (Å²) in [6.45, 7) is 6.06. The fourth-order valence-corrected chi connectivity index (χ4v) is 5.01. The predicted molar refractivity (Wildman–Crippen MR) is 112 cm³/mol. The molecule has 28 heavy (non-hydrogen) atoms. The second-order valence-electron chi connectivity index (χ2n) is 7.28. The summed E-state index contributed by atoms with van der Waals surface area (Å²) in [6.07, 6.45) is 4.36. The van der Waals surface area contributed by atoms with Gasteiger partial charge in [-0.2, -0.15) is 0 Å². The van der Waals surface area contributed by atoms with E-state index in [-0.39, 0.29) is 11.6 Å². The van der Waals surface area contributed by atoms with E-state index in [9.17, 15) is 14.9 Å². The van der Waals surface area contributed by atoms with E-state index in [4.69, 9.17) is 0 Å². The molecule has 1 aromatic carbocycles. The third kappa shape index (κ3) is 4.59. The Bertz CT molecular complexity index is 819. The molecule has 0 fully saturated rings. The average Bonchev–Trinajstić information content (AvgIpc) is 3.16. The summed E-state index contributed by atoms with van der Waals surface area (Å²) in [7, 11) is 0. The van der Waals surface area contributed by atoms with E-state index in [1.165, 1.54) is 47.5 Å². The number of hydrogen-bond acceptors (Lipinski definition) is 5. The minimum absolute atomic E-state index is 0.00875. The van der Waals surface area contributed by atoms with Crippen LogP contribution in [0.3, 0.4) is 0 Å². The number of thiophene rings is 1. The summed E-state index contributed by atoms with van der Waals surface area (Å²) in [6, 6.07) is 8.96. The van der Waals surface area contributed by atoms with Crippen LogP contribution in [0.4, 0.5) is 5.69 Å². The number of nitrogens with one attached hydrogen (secondary N) is 1. The van der Waals surface area contributed by atoms with Crippen molar-refractivity contribution in [2.75, 3.05) is 13.1 Å². The van der Waals surface area contributed by atoms with E-state index in [0.29, 0.717) is 24.2 Å². The van der Waals surface area contributed by atoms with Gasteiger partial charge in [0.05, 0.1) is 4.92 Å². The number of benzene rings is 1. The average molecular weight is 402 g/mol. The van der Waals surface area contributed by atoms with Crippen molar-refractivity contribution >= 4 is 22.9 Å². The van der Waals surface area contributed by atoms with Crippen LogP contribution in [0.1, 0.15) is 60.0 Å². The van der Waals surface area contributed by atoms with Crippen molar-refractivity contribution in [2.45, 2.75) is 51.6 Å². The van der Waals surface area contributed by atoms with Gasteiger partial charge in [-0.3, -0.25) is 19.8 Å². The quantitative estimate of drug-likeness (QED) is 0.400. The lowest BCUT2D eigenvalue weighted by Gasteiger charge is -2.40. The molecule has 6 nitrogen and oxygen atoms in total. The molecule has 0 radical (unpaired) electrons. The topological polar surface area (TPSA) is 75.5 Å². The van der Waals surface area contributed by atoms with Crippen molar-refractivity contribution in [1.82, 2.24) is 10.2 Å². The summed E-state index contributed by atoms with van der Waals surface area (Å²) in [5, 5.41) is 15.8. The number of nitro groups is 1. The highest BCUT2D eigenvalue weighted by Gasteiger charge is 2.31. The fraction of sp³-hybridized carbons (Fsp3) is 0.476. The van der Waals surface area contributed by atoms with Crippen molar-refractivity contribution < 1.29 is 9.72 Å². The number of non-ortho nitro benzene ring substituents is 1. The molecule has 1 aliphatic rings. The first-order valence-electron chi connectivity index (χ1n) is 9.86. The first-order valence-corrected chi connectivity index (χ1v) is 10.7. The number of carbonyl (C=O) groups is 1. The zero-order valence-corrected chi connectivity index (χ0v) is 17.2. The molecule has 0 unspecified atom stereocenters. The number of fused-ring (bicyclic) bond motifs is 1. The number of hydrogen-bond donors (Lipinski definition) is 1. The van der Waals surface area contributed by atoms with Crippen LogP contribution in [-0.2, 0) is 6.42 Å². The zero-order valence-electron chi connectivity index (χ0n) is 16.4. The Morgan fingerprint density at radius 1 is 1.32 bits per heavy atom. The van der Waals surface area contributed by atoms with Crippen molar-refractivity contribution in [3.63, 3.8) is 0 Å². The van der Waals surface area contributed by atoms with Gasteiger partial charge in [0, 0.05) is 47.7 Å². The molecule has 0 saturated carbocycles. The standard InChI is InChI=1S/C21H27N3O3S/c1-3-5-19-14-17-10-13-28-20(17)15(2)23(19)12-4-11-22-21(25)16-6-8-18(9-7-16)24(26)27/h6-10,13,15,19H,3-5,11-12,14H2,1-2H3,(H,22,25)/t15-,19+/m0/s1. The van der Waals surface area contributed by atoms with E-state index in [1.807, 2.05) is 11.3 Å². The summed E-state index contributed by atoms with van der Waals surface area (Å²) in [5.41, 5.74) is 1.94. The minimum atomic E-state index is -0.465. The van der Waals surface area contributed by atoms with E-state index in [1.54, 1.807) is 0 Å². The second-order valence-corrected chi connectivity index (χ2v) is 8.23. The molecule has 3 rings (SSSR count). The predicted octanol–water partition coefficient (Wildman–Crippen LogP) is 4.56. The first-order chi connectivity index (χ1) is 13.5. The molecule has 7 heteroatoms. The van der Waals surface area contributed by atoms with Gasteiger partial charge in [0.2, 0.25) is 0 Å². The maximum Gasteiger partial charge on any atom is 0.269 e. The number of nitro benzene ring substituents is 1. The Hall–Kier alpha value is -2.25. The summed E-state index contributed by atoms with van der Waals surface area (Å²) in [5.74, 6) is -0.188. The second kappa shape index (κ2) is 9.30. The molecule has 1 N–H and O–H groups in total. The number of nitrogens with zero attached hydrogens (tertiary/aromatic N) is 2. The van der Waals surface area contributed by atoms with E-state index >= 15 is 0 Å². The number of carbonyl (C=O) groups excluding carboxylic acids is 1. The monoisotopic (exact) mass is 401 g/mol. The Morgan fingerprint density at radius 2 is 2.07 bits per heavy atom. The van der Waals surface area contributed by atoms with Crippen LogP contribution in [-0.4, -0.2) is 34.9 Å². The summed E-state index contributed by atoms with van der Waals surface area (Å²) < 4.78 is 0. The minimum Gasteiger partial charge on any atom is -0.352 e. The van der Waals surface area contributed by atoms with Crippen LogP contribution in [0.2, 0.25) is 0 Å². The van der Waals surface area contributed by atoms with Gasteiger partial charge in [-0.25, -0.2) is 0 Å². The van der Waals surface area contributed by atoms with Gasteiger partial charge < -0.3 is 5.32 Å². The lowest BCUT2D eigenvalue weighted by atomic mass is 9.92. The van der Waals surface area contributed by atoms with Crippen LogP contribution < -0.4 is 5.32 Å². The van der Waals surface area contributed by atoms with E-state index in [0.717, 1.165) is 19.4 Å².